The van der Waals surface area contributed by atoms with E-state index in [0.29, 0.717) is 28.4 Å². The van der Waals surface area contributed by atoms with Crippen molar-refractivity contribution in [3.8, 4) is 17.1 Å². The number of benzene rings is 1. The van der Waals surface area contributed by atoms with E-state index in [9.17, 15) is 24.3 Å². The second kappa shape index (κ2) is 11.6. The zero-order valence-electron chi connectivity index (χ0n) is 28.0. The minimum Gasteiger partial charge on any atom is -0.508 e. The maximum Gasteiger partial charge on any atom is 0.408 e. The predicted molar refractivity (Wildman–Crippen MR) is 176 cm³/mol. The van der Waals surface area contributed by atoms with Crippen molar-refractivity contribution in [1.82, 2.24) is 14.9 Å². The molecule has 2 aromatic heterocycles. The fourth-order valence-corrected chi connectivity index (χ4v) is 10.7. The molecule has 0 spiro atoms. The van der Waals surface area contributed by atoms with Gasteiger partial charge in [0.05, 0.1) is 37.1 Å². The van der Waals surface area contributed by atoms with Crippen LogP contribution in [0.25, 0.3) is 22.3 Å². The number of carbonyl (C=O) groups excluding carboxylic acids is 3. The van der Waals surface area contributed by atoms with E-state index in [4.69, 9.17) is 19.2 Å². The molecule has 11 nitrogen and oxygen atoms in total. The summed E-state index contributed by atoms with van der Waals surface area (Å²) in [6, 6.07) is 6.87. The first-order valence-electron chi connectivity index (χ1n) is 15.7. The molecule has 5 rings (SSSR count). The third kappa shape index (κ3) is 5.56. The van der Waals surface area contributed by atoms with Crippen LogP contribution in [-0.4, -0.2) is 52.9 Å². The number of cyclic esters (lactones) is 1. The molecule has 4 heterocycles. The monoisotopic (exact) mass is 649 g/mol. The van der Waals surface area contributed by atoms with Crippen molar-refractivity contribution >= 4 is 42.2 Å². The van der Waals surface area contributed by atoms with Gasteiger partial charge in [0.25, 0.3) is 5.56 Å². The number of ether oxygens (including phenoxy) is 3. The number of amides is 1. The molecule has 0 aliphatic carbocycles. The van der Waals surface area contributed by atoms with Gasteiger partial charge >= 0.3 is 18.0 Å². The smallest absolute Gasteiger partial charge is 0.408 e. The van der Waals surface area contributed by atoms with Crippen LogP contribution in [0.1, 0.15) is 71.6 Å². The minimum atomic E-state index is -2.24. The highest BCUT2D eigenvalue weighted by atomic mass is 28.3. The Bertz CT molecular complexity index is 1820. The third-order valence-corrected chi connectivity index (χ3v) is 14.3. The van der Waals surface area contributed by atoms with Crippen LogP contribution >= 0.6 is 0 Å². The highest BCUT2D eigenvalue weighted by Crippen LogP contribution is 2.42. The van der Waals surface area contributed by atoms with Crippen LogP contribution in [0.15, 0.2) is 29.1 Å². The van der Waals surface area contributed by atoms with Crippen molar-refractivity contribution in [2.75, 3.05) is 6.54 Å². The summed E-state index contributed by atoms with van der Waals surface area (Å²) in [6.45, 7) is 17.5. The molecular formula is C34H43N3O8Si. The number of aromatic nitrogens is 2. The first-order valence-corrected chi connectivity index (χ1v) is 18.8. The van der Waals surface area contributed by atoms with Crippen molar-refractivity contribution in [3.05, 3.63) is 51.3 Å². The number of nitrogens with one attached hydrogen (secondary N) is 1. The minimum absolute atomic E-state index is 0.00567. The number of hydrogen-bond donors (Lipinski definition) is 2. The average Bonchev–Trinajstić information content (AvgIpc) is 3.33. The summed E-state index contributed by atoms with van der Waals surface area (Å²) in [5, 5.41) is 14.9. The van der Waals surface area contributed by atoms with Crippen molar-refractivity contribution in [1.29, 1.82) is 0 Å². The maximum absolute atomic E-state index is 14.2. The highest BCUT2D eigenvalue weighted by molar-refractivity contribution is 6.93. The molecule has 2 atom stereocenters. The van der Waals surface area contributed by atoms with E-state index >= 15 is 0 Å². The van der Waals surface area contributed by atoms with Crippen molar-refractivity contribution < 1.29 is 33.7 Å². The van der Waals surface area contributed by atoms with Gasteiger partial charge in [0.15, 0.2) is 0 Å². The summed E-state index contributed by atoms with van der Waals surface area (Å²) < 4.78 is 18.1. The molecule has 0 saturated heterocycles. The molecule has 2 aliphatic rings. The summed E-state index contributed by atoms with van der Waals surface area (Å²) in [4.78, 5) is 57.8. The third-order valence-electron chi connectivity index (χ3n) is 9.49. The zero-order chi connectivity index (χ0) is 33.9. The number of alkyl carbamates (subject to hydrolysis) is 1. The normalized spacial score (nSPS) is 18.0. The maximum atomic E-state index is 14.2. The van der Waals surface area contributed by atoms with Gasteiger partial charge in [-0.2, -0.15) is 0 Å². The Morgan fingerprint density at radius 2 is 1.85 bits per heavy atom. The molecule has 46 heavy (non-hydrogen) atoms. The number of carbonyl (C=O) groups is 3. The molecule has 0 saturated carbocycles. The molecule has 3 aromatic rings. The van der Waals surface area contributed by atoms with Gasteiger partial charge in [-0.15, -0.1) is 0 Å². The molecule has 0 bridgehead atoms. The van der Waals surface area contributed by atoms with E-state index in [1.165, 1.54) is 0 Å². The van der Waals surface area contributed by atoms with E-state index < -0.39 is 43.9 Å². The Morgan fingerprint density at radius 1 is 1.15 bits per heavy atom. The van der Waals surface area contributed by atoms with Crippen LogP contribution < -0.4 is 16.1 Å². The lowest BCUT2D eigenvalue weighted by atomic mass is 9.85. The number of phenols is 1. The fourth-order valence-electron chi connectivity index (χ4n) is 6.71. The molecule has 1 amide bonds. The number of phenolic OH excluding ortho intramolecular Hbond substituents is 1. The molecule has 2 unspecified atom stereocenters. The van der Waals surface area contributed by atoms with E-state index in [0.717, 1.165) is 16.1 Å². The van der Waals surface area contributed by atoms with E-state index in [1.807, 2.05) is 0 Å². The Morgan fingerprint density at radius 3 is 2.48 bits per heavy atom. The van der Waals surface area contributed by atoms with Gasteiger partial charge in [0.1, 0.15) is 24.5 Å². The molecule has 246 valence electrons. The van der Waals surface area contributed by atoms with Gasteiger partial charge in [-0.1, -0.05) is 40.8 Å². The quantitative estimate of drug-likeness (QED) is 0.163. The first-order chi connectivity index (χ1) is 21.4. The number of rotatable bonds is 7. The SMILES string of the molecule is CCC1(OC(=O)CNC(=O)OC(C)(C)C)C(=O)OCc2c1cc1n(c2=O)Cc2c-1nc1ccc(O)cc1c2[Si](C)(C)C(C)C(C)C. The van der Waals surface area contributed by atoms with Crippen molar-refractivity contribution in [2.24, 2.45) is 5.92 Å². The number of esters is 2. The predicted octanol–water partition coefficient (Wildman–Crippen LogP) is 4.82. The Hall–Kier alpha value is -4.19. The molecule has 12 heteroatoms. The second-order valence-corrected chi connectivity index (χ2v) is 19.0. The van der Waals surface area contributed by atoms with Crippen molar-refractivity contribution in [2.45, 2.75) is 97.9 Å². The Balaban J connectivity index is 1.65. The number of nitrogens with zero attached hydrogens (tertiary/aromatic N) is 2. The summed E-state index contributed by atoms with van der Waals surface area (Å²) in [6.07, 6.45) is -0.816. The van der Waals surface area contributed by atoms with Gasteiger partial charge in [0.2, 0.25) is 5.60 Å². The number of fused-ring (bicyclic) bond motifs is 5. The number of hydrogen-bond acceptors (Lipinski definition) is 9. The number of pyridine rings is 2. The van der Waals surface area contributed by atoms with Crippen LogP contribution in [-0.2, 0) is 42.6 Å². The van der Waals surface area contributed by atoms with Crippen LogP contribution in [0, 0.1) is 5.92 Å². The zero-order valence-corrected chi connectivity index (χ0v) is 29.0. The number of aromatic hydroxyl groups is 1. The van der Waals surface area contributed by atoms with Gasteiger partial charge in [-0.3, -0.25) is 9.59 Å². The lowest BCUT2D eigenvalue weighted by Crippen LogP contribution is -2.49. The first kappa shape index (κ1) is 33.2. The molecule has 0 fully saturated rings. The molecule has 0 radical (unpaired) electrons. The largest absolute Gasteiger partial charge is 0.508 e. The summed E-state index contributed by atoms with van der Waals surface area (Å²) in [5.74, 6) is -1.13. The Kier molecular flexibility index (Phi) is 8.33. The van der Waals surface area contributed by atoms with Crippen LogP contribution in [0.2, 0.25) is 18.6 Å². The topological polar surface area (TPSA) is 146 Å². The van der Waals surface area contributed by atoms with Crippen molar-refractivity contribution in [3.63, 3.8) is 0 Å². The molecule has 2 N–H and O–H groups in total. The summed E-state index contributed by atoms with van der Waals surface area (Å²) in [7, 11) is -2.24. The highest BCUT2D eigenvalue weighted by Gasteiger charge is 2.51. The lowest BCUT2D eigenvalue weighted by Gasteiger charge is -2.35. The van der Waals surface area contributed by atoms with Gasteiger partial charge in [0, 0.05) is 10.9 Å². The lowest BCUT2D eigenvalue weighted by molar-refractivity contribution is -0.188. The Labute approximate surface area is 269 Å². The second-order valence-electron chi connectivity index (χ2n) is 14.2. The van der Waals surface area contributed by atoms with Crippen LogP contribution in [0.4, 0.5) is 4.79 Å². The van der Waals surface area contributed by atoms with Crippen LogP contribution in [0.5, 0.6) is 5.75 Å². The van der Waals surface area contributed by atoms with Crippen LogP contribution in [0.3, 0.4) is 0 Å². The molecular weight excluding hydrogens is 606 g/mol. The average molecular weight is 650 g/mol. The summed E-state index contributed by atoms with van der Waals surface area (Å²) >= 11 is 0. The van der Waals surface area contributed by atoms with E-state index in [-0.39, 0.29) is 42.0 Å². The fraction of sp³-hybridized carbons (Fsp3) is 0.500. The molecule has 1 aromatic carbocycles. The van der Waals surface area contributed by atoms with Gasteiger partial charge in [-0.05, 0) is 73.7 Å². The summed E-state index contributed by atoms with van der Waals surface area (Å²) in [5.41, 5.74) is 0.593. The van der Waals surface area contributed by atoms with E-state index in [1.54, 1.807) is 56.5 Å². The van der Waals surface area contributed by atoms with Gasteiger partial charge in [-0.25, -0.2) is 14.6 Å². The molecule has 2 aliphatic heterocycles. The standard InChI is InChI=1S/C34H43N3O8Si/c1-10-34(44-27(39)15-35-32(42)45-33(5,6)7)24-14-26-28-22(16-37(26)30(40)23(24)17-43-31(34)41)29(46(8,9)19(4)18(2)3)21-13-20(38)11-12-25(21)36-28/h11-14,18-19,38H,10,15-17H2,1-9H3,(H,35,42). The van der Waals surface area contributed by atoms with Gasteiger partial charge < -0.3 is 29.2 Å². The van der Waals surface area contributed by atoms with E-state index in [2.05, 4.69) is 39.2 Å².